The highest BCUT2D eigenvalue weighted by Gasteiger charge is 2.21. The molecular weight excluding hydrogens is 338 g/mol. The predicted octanol–water partition coefficient (Wildman–Crippen LogP) is 3.12. The Hall–Kier alpha value is -1.24. The Labute approximate surface area is 122 Å². The van der Waals surface area contributed by atoms with E-state index in [1.54, 1.807) is 0 Å². The first-order valence-electron chi connectivity index (χ1n) is 5.22. The van der Waals surface area contributed by atoms with E-state index in [-0.39, 0.29) is 21.1 Å². The van der Waals surface area contributed by atoms with Crippen LogP contribution in [0.15, 0.2) is 29.0 Å². The normalized spacial score (nSPS) is 12.3. The summed E-state index contributed by atoms with van der Waals surface area (Å²) in [6, 6.07) is 2.52. The molecule has 1 atom stereocenters. The Bertz CT molecular complexity index is 612. The fourth-order valence-electron chi connectivity index (χ4n) is 1.58. The van der Waals surface area contributed by atoms with Gasteiger partial charge >= 0.3 is 0 Å². The van der Waals surface area contributed by atoms with Gasteiger partial charge in [0.05, 0.1) is 11.6 Å². The largest absolute Gasteiger partial charge is 0.480 e. The molecule has 7 heteroatoms. The number of halogens is 3. The molecule has 0 saturated heterocycles. The lowest BCUT2D eigenvalue weighted by molar-refractivity contribution is 0.207. The van der Waals surface area contributed by atoms with Gasteiger partial charge in [-0.2, -0.15) is 0 Å². The average molecular weight is 348 g/mol. The third kappa shape index (κ3) is 2.86. The molecule has 19 heavy (non-hydrogen) atoms. The summed E-state index contributed by atoms with van der Waals surface area (Å²) in [7, 11) is 1.42. The molecule has 0 aliphatic heterocycles. The summed E-state index contributed by atoms with van der Waals surface area (Å²) in [6.45, 7) is 0. The van der Waals surface area contributed by atoms with Gasteiger partial charge in [-0.15, -0.1) is 0 Å². The summed E-state index contributed by atoms with van der Waals surface area (Å²) < 4.78 is 18.5. The summed E-state index contributed by atoms with van der Waals surface area (Å²) in [5.41, 5.74) is 0.527. The third-order valence-electron chi connectivity index (χ3n) is 2.48. The van der Waals surface area contributed by atoms with E-state index in [1.807, 2.05) is 0 Å². The van der Waals surface area contributed by atoms with Gasteiger partial charge in [0, 0.05) is 23.0 Å². The quantitative estimate of drug-likeness (QED) is 0.867. The molecule has 1 aromatic heterocycles. The second-order valence-corrected chi connectivity index (χ2v) is 4.90. The third-order valence-corrected chi connectivity index (χ3v) is 3.41. The lowest BCUT2D eigenvalue weighted by Crippen LogP contribution is -2.07. The maximum atomic E-state index is 13.3. The van der Waals surface area contributed by atoms with E-state index < -0.39 is 11.9 Å². The van der Waals surface area contributed by atoms with E-state index in [0.717, 1.165) is 6.07 Å². The maximum Gasteiger partial charge on any atom is 0.238 e. The minimum atomic E-state index is -1.16. The molecule has 2 rings (SSSR count). The van der Waals surface area contributed by atoms with Crippen molar-refractivity contribution in [3.8, 4) is 5.88 Å². The van der Waals surface area contributed by atoms with Crippen LogP contribution in [0.2, 0.25) is 5.02 Å². The predicted molar refractivity (Wildman–Crippen MR) is 71.8 cm³/mol. The number of hydrogen-bond donors (Lipinski definition) is 1. The molecule has 4 nitrogen and oxygen atoms in total. The van der Waals surface area contributed by atoms with Gasteiger partial charge in [0.2, 0.25) is 5.88 Å². The van der Waals surface area contributed by atoms with Gasteiger partial charge in [-0.1, -0.05) is 11.6 Å². The molecule has 0 bridgehead atoms. The molecule has 0 aliphatic rings. The summed E-state index contributed by atoms with van der Waals surface area (Å²) >= 11 is 8.98. The fraction of sp³-hybridized carbons (Fsp3) is 0.167. The smallest absolute Gasteiger partial charge is 0.238 e. The molecule has 100 valence electrons. The van der Waals surface area contributed by atoms with Gasteiger partial charge in [-0.3, -0.25) is 4.98 Å². The van der Waals surface area contributed by atoms with Crippen LogP contribution in [-0.2, 0) is 0 Å². The van der Waals surface area contributed by atoms with Gasteiger partial charge in [-0.25, -0.2) is 9.37 Å². The van der Waals surface area contributed by atoms with Crippen LogP contribution in [0.25, 0.3) is 0 Å². The summed E-state index contributed by atoms with van der Waals surface area (Å²) in [6.07, 6.45) is 1.71. The second-order valence-electron chi connectivity index (χ2n) is 3.64. The van der Waals surface area contributed by atoms with E-state index in [9.17, 15) is 9.50 Å². The Kier molecular flexibility index (Phi) is 4.34. The molecule has 1 heterocycles. The van der Waals surface area contributed by atoms with E-state index >= 15 is 0 Å². The van der Waals surface area contributed by atoms with Crippen molar-refractivity contribution in [2.45, 2.75) is 6.10 Å². The van der Waals surface area contributed by atoms with Crippen LogP contribution in [-0.4, -0.2) is 22.2 Å². The van der Waals surface area contributed by atoms with Crippen molar-refractivity contribution >= 4 is 27.5 Å². The van der Waals surface area contributed by atoms with Gasteiger partial charge in [0.15, 0.2) is 0 Å². The first kappa shape index (κ1) is 14.2. The van der Waals surface area contributed by atoms with E-state index in [1.165, 1.54) is 25.6 Å². The molecule has 0 unspecified atom stereocenters. The lowest BCUT2D eigenvalue weighted by atomic mass is 10.1. The zero-order chi connectivity index (χ0) is 14.0. The van der Waals surface area contributed by atoms with Crippen molar-refractivity contribution in [2.75, 3.05) is 7.11 Å². The molecule has 1 aromatic carbocycles. The Balaban J connectivity index is 2.50. The van der Waals surface area contributed by atoms with Crippen LogP contribution < -0.4 is 4.74 Å². The number of methoxy groups -OCH3 is 1. The zero-order valence-electron chi connectivity index (χ0n) is 9.77. The van der Waals surface area contributed by atoms with Crippen molar-refractivity contribution < 1.29 is 14.2 Å². The lowest BCUT2D eigenvalue weighted by Gasteiger charge is -2.14. The van der Waals surface area contributed by atoms with Gasteiger partial charge in [0.1, 0.15) is 17.6 Å². The monoisotopic (exact) mass is 346 g/mol. The molecule has 0 aliphatic carbocycles. The molecule has 0 fully saturated rings. The van der Waals surface area contributed by atoms with Gasteiger partial charge < -0.3 is 9.84 Å². The highest BCUT2D eigenvalue weighted by molar-refractivity contribution is 9.10. The number of aliphatic hydroxyl groups excluding tert-OH is 1. The summed E-state index contributed by atoms with van der Waals surface area (Å²) in [4.78, 5) is 7.95. The summed E-state index contributed by atoms with van der Waals surface area (Å²) in [5.74, 6) is -0.321. The number of ether oxygens (including phenoxy) is 1. The standard InChI is InChI=1S/C12H9BrClFN2O2/c1-19-12-10(16-2-3-17-12)11(18)6-4-7(13)9(15)5-8(6)14/h2-5,11,18H,1H3/t11-/m0/s1. The fourth-order valence-corrected chi connectivity index (χ4v) is 2.19. The van der Waals surface area contributed by atoms with Crippen molar-refractivity contribution in [3.05, 3.63) is 51.1 Å². The molecule has 0 radical (unpaired) electrons. The van der Waals surface area contributed by atoms with Crippen LogP contribution in [0.1, 0.15) is 17.4 Å². The molecule has 2 aromatic rings. The Morgan fingerprint density at radius 1 is 1.37 bits per heavy atom. The first-order valence-corrected chi connectivity index (χ1v) is 6.39. The Morgan fingerprint density at radius 2 is 2.05 bits per heavy atom. The summed E-state index contributed by atoms with van der Waals surface area (Å²) in [5, 5.41) is 10.4. The number of aromatic nitrogens is 2. The molecule has 1 N–H and O–H groups in total. The van der Waals surface area contributed by atoms with E-state index in [2.05, 4.69) is 25.9 Å². The van der Waals surface area contributed by atoms with Crippen LogP contribution in [0.5, 0.6) is 5.88 Å². The molecule has 0 spiro atoms. The van der Waals surface area contributed by atoms with Crippen LogP contribution in [0.3, 0.4) is 0 Å². The van der Waals surface area contributed by atoms with Crippen LogP contribution >= 0.6 is 27.5 Å². The minimum Gasteiger partial charge on any atom is -0.480 e. The molecule has 0 saturated carbocycles. The Morgan fingerprint density at radius 3 is 2.74 bits per heavy atom. The average Bonchev–Trinajstić information content (AvgIpc) is 2.42. The van der Waals surface area contributed by atoms with Gasteiger partial charge in [0.25, 0.3) is 0 Å². The van der Waals surface area contributed by atoms with Crippen molar-refractivity contribution in [1.29, 1.82) is 0 Å². The number of nitrogens with zero attached hydrogens (tertiary/aromatic N) is 2. The number of benzene rings is 1. The maximum absolute atomic E-state index is 13.3. The van der Waals surface area contributed by atoms with Crippen molar-refractivity contribution in [3.63, 3.8) is 0 Å². The molecular formula is C12H9BrClFN2O2. The van der Waals surface area contributed by atoms with Gasteiger partial charge in [-0.05, 0) is 28.1 Å². The number of rotatable bonds is 3. The minimum absolute atomic E-state index is 0.0981. The van der Waals surface area contributed by atoms with E-state index in [0.29, 0.717) is 5.56 Å². The second kappa shape index (κ2) is 5.81. The van der Waals surface area contributed by atoms with Crippen molar-refractivity contribution in [2.24, 2.45) is 0 Å². The highest BCUT2D eigenvalue weighted by atomic mass is 79.9. The topological polar surface area (TPSA) is 55.2 Å². The molecule has 0 amide bonds. The number of aliphatic hydroxyl groups is 1. The highest BCUT2D eigenvalue weighted by Crippen LogP contribution is 2.33. The van der Waals surface area contributed by atoms with Crippen LogP contribution in [0, 0.1) is 5.82 Å². The zero-order valence-corrected chi connectivity index (χ0v) is 12.1. The number of hydrogen-bond acceptors (Lipinski definition) is 4. The first-order chi connectivity index (χ1) is 9.04. The van der Waals surface area contributed by atoms with Crippen molar-refractivity contribution in [1.82, 2.24) is 9.97 Å². The van der Waals surface area contributed by atoms with E-state index in [4.69, 9.17) is 16.3 Å². The SMILES string of the molecule is COc1nccnc1[C@@H](O)c1cc(Br)c(F)cc1Cl. The van der Waals surface area contributed by atoms with Crippen LogP contribution in [0.4, 0.5) is 4.39 Å².